The van der Waals surface area contributed by atoms with Crippen LogP contribution in [0.3, 0.4) is 0 Å². The Labute approximate surface area is 156 Å². The fourth-order valence-electron chi connectivity index (χ4n) is 4.51. The molecule has 1 heteroatoms. The van der Waals surface area contributed by atoms with Crippen LogP contribution in [0.1, 0.15) is 65.3 Å². The average molecular weight is 341 g/mol. The second kappa shape index (κ2) is 7.37. The second-order valence-corrected chi connectivity index (χ2v) is 7.59. The standard InChI is InChI=1S/C25H27N/c1-18-16-22(19-10-8-9-11-19)25(26)23(17-18)24(20-12-4-2-5-13-20)21-14-6-3-7-15-21/h2-7,12-17,19,24H,8-11,26H2,1H3. The second-order valence-electron chi connectivity index (χ2n) is 7.59. The van der Waals surface area contributed by atoms with Gasteiger partial charge in [0.2, 0.25) is 0 Å². The van der Waals surface area contributed by atoms with Crippen molar-refractivity contribution in [3.8, 4) is 0 Å². The Kier molecular flexibility index (Phi) is 4.79. The molecule has 4 rings (SSSR count). The summed E-state index contributed by atoms with van der Waals surface area (Å²) in [5.74, 6) is 0.804. The SMILES string of the molecule is Cc1cc(C2CCCC2)c(N)c(C(c2ccccc2)c2ccccc2)c1. The lowest BCUT2D eigenvalue weighted by Gasteiger charge is -2.24. The van der Waals surface area contributed by atoms with Crippen LogP contribution in [0.2, 0.25) is 0 Å². The average Bonchev–Trinajstić information content (AvgIpc) is 3.21. The topological polar surface area (TPSA) is 26.0 Å². The first-order valence-electron chi connectivity index (χ1n) is 9.74. The van der Waals surface area contributed by atoms with Gasteiger partial charge in [0.15, 0.2) is 0 Å². The van der Waals surface area contributed by atoms with Crippen molar-refractivity contribution in [2.45, 2.75) is 44.4 Å². The lowest BCUT2D eigenvalue weighted by Crippen LogP contribution is -2.10. The summed E-state index contributed by atoms with van der Waals surface area (Å²) >= 11 is 0. The minimum Gasteiger partial charge on any atom is -0.398 e. The Balaban J connectivity index is 1.89. The Bertz CT molecular complexity index is 822. The summed E-state index contributed by atoms with van der Waals surface area (Å²) in [7, 11) is 0. The van der Waals surface area contributed by atoms with E-state index in [0.717, 1.165) is 5.69 Å². The predicted molar refractivity (Wildman–Crippen MR) is 111 cm³/mol. The molecule has 0 saturated heterocycles. The molecular weight excluding hydrogens is 314 g/mol. The molecule has 0 heterocycles. The zero-order chi connectivity index (χ0) is 17.9. The number of hydrogen-bond donors (Lipinski definition) is 1. The number of nitrogens with two attached hydrogens (primary N) is 1. The van der Waals surface area contributed by atoms with Crippen molar-refractivity contribution in [3.63, 3.8) is 0 Å². The monoisotopic (exact) mass is 341 g/mol. The molecule has 1 nitrogen and oxygen atoms in total. The van der Waals surface area contributed by atoms with Gasteiger partial charge in [-0.1, -0.05) is 91.2 Å². The molecule has 1 aliphatic carbocycles. The predicted octanol–water partition coefficient (Wildman–Crippen LogP) is 6.42. The molecule has 0 atom stereocenters. The van der Waals surface area contributed by atoms with E-state index in [4.69, 9.17) is 5.73 Å². The lowest BCUT2D eigenvalue weighted by molar-refractivity contribution is 0.723. The fraction of sp³-hybridized carbons (Fsp3) is 0.280. The van der Waals surface area contributed by atoms with E-state index in [1.807, 2.05) is 0 Å². The van der Waals surface area contributed by atoms with Crippen molar-refractivity contribution in [1.82, 2.24) is 0 Å². The van der Waals surface area contributed by atoms with E-state index in [0.29, 0.717) is 5.92 Å². The summed E-state index contributed by atoms with van der Waals surface area (Å²) in [6, 6.07) is 26.1. The van der Waals surface area contributed by atoms with E-state index in [1.54, 1.807) is 0 Å². The van der Waals surface area contributed by atoms with E-state index in [2.05, 4.69) is 79.7 Å². The summed E-state index contributed by atoms with van der Waals surface area (Å²) in [5.41, 5.74) is 14.3. The highest BCUT2D eigenvalue weighted by Gasteiger charge is 2.25. The van der Waals surface area contributed by atoms with Crippen molar-refractivity contribution >= 4 is 5.69 Å². The summed E-state index contributed by atoms with van der Waals surface area (Å²) in [6.07, 6.45) is 5.20. The maximum Gasteiger partial charge on any atom is 0.0391 e. The van der Waals surface area contributed by atoms with Crippen molar-refractivity contribution in [2.24, 2.45) is 0 Å². The molecule has 0 aromatic heterocycles. The van der Waals surface area contributed by atoms with Gasteiger partial charge in [0.05, 0.1) is 0 Å². The molecular formula is C25H27N. The molecule has 26 heavy (non-hydrogen) atoms. The van der Waals surface area contributed by atoms with Gasteiger partial charge in [-0.3, -0.25) is 0 Å². The number of anilines is 1. The molecule has 1 aliphatic rings. The van der Waals surface area contributed by atoms with Gasteiger partial charge >= 0.3 is 0 Å². The van der Waals surface area contributed by atoms with Gasteiger partial charge in [0.25, 0.3) is 0 Å². The Morgan fingerprint density at radius 1 is 0.808 bits per heavy atom. The van der Waals surface area contributed by atoms with E-state index >= 15 is 0 Å². The van der Waals surface area contributed by atoms with Crippen LogP contribution in [-0.2, 0) is 0 Å². The van der Waals surface area contributed by atoms with E-state index in [-0.39, 0.29) is 5.92 Å². The molecule has 0 unspecified atom stereocenters. The van der Waals surface area contributed by atoms with Crippen LogP contribution in [0.4, 0.5) is 5.69 Å². The zero-order valence-corrected chi connectivity index (χ0v) is 15.5. The normalized spacial score (nSPS) is 14.8. The van der Waals surface area contributed by atoms with E-state index in [9.17, 15) is 0 Å². The summed E-state index contributed by atoms with van der Waals surface area (Å²) in [6.45, 7) is 2.20. The van der Waals surface area contributed by atoms with Gasteiger partial charge in [-0.15, -0.1) is 0 Å². The first-order chi connectivity index (χ1) is 12.7. The highest BCUT2D eigenvalue weighted by Crippen LogP contribution is 2.43. The smallest absolute Gasteiger partial charge is 0.0391 e. The molecule has 3 aromatic carbocycles. The van der Waals surface area contributed by atoms with Gasteiger partial charge < -0.3 is 5.73 Å². The molecule has 2 N–H and O–H groups in total. The molecule has 3 aromatic rings. The number of aryl methyl sites for hydroxylation is 1. The largest absolute Gasteiger partial charge is 0.398 e. The van der Waals surface area contributed by atoms with Gasteiger partial charge in [0, 0.05) is 11.6 Å². The van der Waals surface area contributed by atoms with Gasteiger partial charge in [-0.05, 0) is 47.9 Å². The maximum atomic E-state index is 6.81. The van der Waals surface area contributed by atoms with E-state index in [1.165, 1.54) is 53.5 Å². The van der Waals surface area contributed by atoms with E-state index < -0.39 is 0 Å². The molecule has 0 amide bonds. The van der Waals surface area contributed by atoms with Crippen molar-refractivity contribution in [2.75, 3.05) is 5.73 Å². The molecule has 0 bridgehead atoms. The summed E-state index contributed by atoms with van der Waals surface area (Å²) in [4.78, 5) is 0. The summed E-state index contributed by atoms with van der Waals surface area (Å²) in [5, 5.41) is 0. The number of rotatable bonds is 4. The van der Waals surface area contributed by atoms with Crippen LogP contribution in [-0.4, -0.2) is 0 Å². The van der Waals surface area contributed by atoms with Crippen LogP contribution in [0, 0.1) is 6.92 Å². The maximum absolute atomic E-state index is 6.81. The Morgan fingerprint density at radius 3 is 1.88 bits per heavy atom. The van der Waals surface area contributed by atoms with Crippen molar-refractivity contribution in [1.29, 1.82) is 0 Å². The first kappa shape index (κ1) is 16.9. The zero-order valence-electron chi connectivity index (χ0n) is 15.5. The number of nitrogen functional groups attached to an aromatic ring is 1. The van der Waals surface area contributed by atoms with Crippen LogP contribution in [0.5, 0.6) is 0 Å². The van der Waals surface area contributed by atoms with Crippen molar-refractivity contribution < 1.29 is 0 Å². The molecule has 1 fully saturated rings. The van der Waals surface area contributed by atoms with Crippen molar-refractivity contribution in [3.05, 3.63) is 101 Å². The Morgan fingerprint density at radius 2 is 1.35 bits per heavy atom. The van der Waals surface area contributed by atoms with Crippen LogP contribution < -0.4 is 5.73 Å². The molecule has 132 valence electrons. The van der Waals surface area contributed by atoms with Crippen LogP contribution in [0.25, 0.3) is 0 Å². The van der Waals surface area contributed by atoms with Gasteiger partial charge in [-0.25, -0.2) is 0 Å². The minimum atomic E-state index is 0.178. The fourth-order valence-corrected chi connectivity index (χ4v) is 4.51. The third-order valence-electron chi connectivity index (χ3n) is 5.76. The third kappa shape index (κ3) is 3.26. The highest BCUT2D eigenvalue weighted by atomic mass is 14.6. The van der Waals surface area contributed by atoms with Gasteiger partial charge in [-0.2, -0.15) is 0 Å². The quantitative estimate of drug-likeness (QED) is 0.430. The van der Waals surface area contributed by atoms with Crippen LogP contribution in [0.15, 0.2) is 72.8 Å². The highest BCUT2D eigenvalue weighted by molar-refractivity contribution is 5.62. The number of hydrogen-bond acceptors (Lipinski definition) is 1. The molecule has 1 saturated carbocycles. The Hall–Kier alpha value is -2.54. The molecule has 0 aliphatic heterocycles. The first-order valence-corrected chi connectivity index (χ1v) is 9.74. The minimum absolute atomic E-state index is 0.178. The molecule has 0 spiro atoms. The van der Waals surface area contributed by atoms with Gasteiger partial charge in [0.1, 0.15) is 0 Å². The molecule has 0 radical (unpaired) electrons. The number of benzene rings is 3. The van der Waals surface area contributed by atoms with Crippen LogP contribution >= 0.6 is 0 Å². The summed E-state index contributed by atoms with van der Waals surface area (Å²) < 4.78 is 0. The lowest BCUT2D eigenvalue weighted by atomic mass is 9.81. The third-order valence-corrected chi connectivity index (χ3v) is 5.76.